The zero-order chi connectivity index (χ0) is 21.9. The van der Waals surface area contributed by atoms with Crippen LogP contribution in [-0.4, -0.2) is 80.7 Å². The number of carbonyl (C=O) groups is 2. The number of rotatable bonds is 6. The maximum Gasteiger partial charge on any atom is 0.319 e. The van der Waals surface area contributed by atoms with Gasteiger partial charge in [0.2, 0.25) is 10.0 Å². The molecule has 3 amide bonds. The lowest BCUT2D eigenvalue weighted by atomic mass is 10.1. The highest BCUT2D eigenvalue weighted by Crippen LogP contribution is 2.25. The van der Waals surface area contributed by atoms with Crippen LogP contribution in [0.5, 0.6) is 0 Å². The number of carbonyl (C=O) groups excluding carboxylic acids is 2. The van der Waals surface area contributed by atoms with Gasteiger partial charge in [0.1, 0.15) is 0 Å². The molecule has 10 heteroatoms. The molecule has 9 nitrogen and oxygen atoms in total. The first-order valence-corrected chi connectivity index (χ1v) is 11.7. The summed E-state index contributed by atoms with van der Waals surface area (Å²) >= 11 is 0. The van der Waals surface area contributed by atoms with E-state index in [4.69, 9.17) is 4.74 Å². The summed E-state index contributed by atoms with van der Waals surface area (Å²) in [5.74, 6) is -0.522. The molecule has 0 aliphatic carbocycles. The van der Waals surface area contributed by atoms with Gasteiger partial charge in [-0.05, 0) is 49.9 Å². The number of ether oxygens (including phenoxy) is 1. The summed E-state index contributed by atoms with van der Waals surface area (Å²) in [6.45, 7) is 5.20. The molecule has 0 aromatic heterocycles. The number of amides is 3. The number of fused-ring (bicyclic) bond motifs is 1. The third kappa shape index (κ3) is 5.11. The molecule has 1 aromatic carbocycles. The van der Waals surface area contributed by atoms with Crippen LogP contribution in [-0.2, 0) is 19.6 Å². The summed E-state index contributed by atoms with van der Waals surface area (Å²) in [5.41, 5.74) is 2.94. The Kier molecular flexibility index (Phi) is 6.99. The highest BCUT2D eigenvalue weighted by molar-refractivity contribution is 7.89. The van der Waals surface area contributed by atoms with Crippen molar-refractivity contribution in [1.82, 2.24) is 14.5 Å². The van der Waals surface area contributed by atoms with Crippen molar-refractivity contribution in [2.45, 2.75) is 38.8 Å². The summed E-state index contributed by atoms with van der Waals surface area (Å²) in [4.78, 5) is 27.2. The van der Waals surface area contributed by atoms with Gasteiger partial charge in [0.15, 0.2) is 0 Å². The molecule has 2 fully saturated rings. The van der Waals surface area contributed by atoms with Crippen LogP contribution in [0.25, 0.3) is 0 Å². The van der Waals surface area contributed by atoms with E-state index in [0.29, 0.717) is 31.7 Å². The lowest BCUT2D eigenvalue weighted by Gasteiger charge is -2.23. The minimum Gasteiger partial charge on any atom is -0.385 e. The zero-order valence-corrected chi connectivity index (χ0v) is 18.5. The van der Waals surface area contributed by atoms with Gasteiger partial charge in [-0.2, -0.15) is 0 Å². The Labute approximate surface area is 177 Å². The van der Waals surface area contributed by atoms with Gasteiger partial charge in [-0.3, -0.25) is 9.69 Å². The molecule has 30 heavy (non-hydrogen) atoms. The van der Waals surface area contributed by atoms with Gasteiger partial charge in [-0.15, -0.1) is 0 Å². The molecule has 1 aromatic rings. The molecule has 2 atom stereocenters. The Bertz CT molecular complexity index is 904. The number of nitrogens with one attached hydrogen (secondary N) is 2. The number of benzene rings is 1. The van der Waals surface area contributed by atoms with E-state index < -0.39 is 22.0 Å². The van der Waals surface area contributed by atoms with Gasteiger partial charge in [0.25, 0.3) is 5.91 Å². The zero-order valence-electron chi connectivity index (χ0n) is 17.7. The second-order valence-electron chi connectivity index (χ2n) is 7.91. The van der Waals surface area contributed by atoms with Crippen molar-refractivity contribution in [3.05, 3.63) is 29.3 Å². The largest absolute Gasteiger partial charge is 0.385 e. The number of nitrogens with zero attached hydrogens (tertiary/aromatic N) is 2. The van der Waals surface area contributed by atoms with E-state index in [0.717, 1.165) is 15.4 Å². The van der Waals surface area contributed by atoms with Gasteiger partial charge >= 0.3 is 6.03 Å². The average Bonchev–Trinajstić information content (AvgIpc) is 3.05. The maximum atomic E-state index is 13.0. The minimum atomic E-state index is -3.63. The van der Waals surface area contributed by atoms with E-state index in [-0.39, 0.29) is 30.9 Å². The van der Waals surface area contributed by atoms with Crippen molar-refractivity contribution in [1.29, 1.82) is 0 Å². The van der Waals surface area contributed by atoms with Crippen molar-refractivity contribution in [3.8, 4) is 0 Å². The van der Waals surface area contributed by atoms with Crippen molar-refractivity contribution >= 4 is 27.6 Å². The number of methoxy groups -OCH3 is 1. The average molecular weight is 439 g/mol. The highest BCUT2D eigenvalue weighted by Gasteiger charge is 2.45. The van der Waals surface area contributed by atoms with Crippen LogP contribution in [0.4, 0.5) is 10.5 Å². The standard InChI is InChI=1S/C20H30N4O5S/c1-14-5-6-16(11-15(14)2)21-20(26)22-17-12-18-19(25)24(7-4-9-29-3)30(27,28)10-8-23(18)13-17/h5-6,11,17-18H,4,7-10,12-13H2,1-3H3,(H2,21,22,26)/t17-,18-/m0/s1. The molecule has 2 aliphatic heterocycles. The van der Waals surface area contributed by atoms with Gasteiger partial charge in [0.05, 0.1) is 11.8 Å². The van der Waals surface area contributed by atoms with E-state index in [9.17, 15) is 18.0 Å². The van der Waals surface area contributed by atoms with Crippen LogP contribution >= 0.6 is 0 Å². The van der Waals surface area contributed by atoms with Gasteiger partial charge in [-0.25, -0.2) is 17.5 Å². The highest BCUT2D eigenvalue weighted by atomic mass is 32.2. The second kappa shape index (κ2) is 9.32. The summed E-state index contributed by atoms with van der Waals surface area (Å²) < 4.78 is 31.0. The Morgan fingerprint density at radius 1 is 1.27 bits per heavy atom. The third-order valence-corrected chi connectivity index (χ3v) is 7.45. The molecule has 166 valence electrons. The van der Waals surface area contributed by atoms with E-state index in [1.54, 1.807) is 0 Å². The van der Waals surface area contributed by atoms with E-state index >= 15 is 0 Å². The fourth-order valence-electron chi connectivity index (χ4n) is 3.93. The van der Waals surface area contributed by atoms with Gasteiger partial charge in [-0.1, -0.05) is 6.07 Å². The summed E-state index contributed by atoms with van der Waals surface area (Å²) in [6.07, 6.45) is 0.837. The van der Waals surface area contributed by atoms with Crippen molar-refractivity contribution < 1.29 is 22.7 Å². The van der Waals surface area contributed by atoms with Crippen LogP contribution in [0, 0.1) is 13.8 Å². The molecule has 2 heterocycles. The molecule has 2 aliphatic rings. The molecule has 0 spiro atoms. The number of anilines is 1. The smallest absolute Gasteiger partial charge is 0.319 e. The van der Waals surface area contributed by atoms with Gasteiger partial charge < -0.3 is 15.4 Å². The second-order valence-corrected chi connectivity index (χ2v) is 9.93. The molecule has 0 radical (unpaired) electrons. The predicted octanol–water partition coefficient (Wildman–Crippen LogP) is 1.08. The summed E-state index contributed by atoms with van der Waals surface area (Å²) in [7, 11) is -2.10. The van der Waals surface area contributed by atoms with Crippen molar-refractivity contribution in [2.24, 2.45) is 0 Å². The molecule has 2 N–H and O–H groups in total. The number of hydrogen-bond donors (Lipinski definition) is 2. The molecular weight excluding hydrogens is 408 g/mol. The Morgan fingerprint density at radius 2 is 2.03 bits per heavy atom. The minimum absolute atomic E-state index is 0.107. The molecule has 2 saturated heterocycles. The Morgan fingerprint density at radius 3 is 2.73 bits per heavy atom. The topological polar surface area (TPSA) is 108 Å². The fraction of sp³-hybridized carbons (Fsp3) is 0.600. The molecule has 0 unspecified atom stereocenters. The first-order valence-electron chi connectivity index (χ1n) is 10.1. The van der Waals surface area contributed by atoms with Crippen LogP contribution < -0.4 is 10.6 Å². The number of urea groups is 1. The van der Waals surface area contributed by atoms with Crippen LogP contribution in [0.15, 0.2) is 18.2 Å². The van der Waals surface area contributed by atoms with Crippen molar-refractivity contribution in [2.75, 3.05) is 44.4 Å². The van der Waals surface area contributed by atoms with Crippen molar-refractivity contribution in [3.63, 3.8) is 0 Å². The number of aryl methyl sites for hydroxylation is 2. The van der Waals surface area contributed by atoms with E-state index in [1.165, 1.54) is 7.11 Å². The molecule has 0 saturated carbocycles. The fourth-order valence-corrected chi connectivity index (χ4v) is 5.42. The predicted molar refractivity (Wildman–Crippen MR) is 114 cm³/mol. The van der Waals surface area contributed by atoms with Crippen LogP contribution in [0.1, 0.15) is 24.0 Å². The first-order chi connectivity index (χ1) is 14.2. The molecule has 0 bridgehead atoms. The first kappa shape index (κ1) is 22.5. The number of hydrogen-bond acceptors (Lipinski definition) is 6. The maximum absolute atomic E-state index is 13.0. The normalized spacial score (nSPS) is 23.7. The van der Waals surface area contributed by atoms with E-state index in [1.807, 2.05) is 36.9 Å². The number of sulfonamides is 1. The van der Waals surface area contributed by atoms with Crippen LogP contribution in [0.3, 0.4) is 0 Å². The van der Waals surface area contributed by atoms with E-state index in [2.05, 4.69) is 10.6 Å². The Balaban J connectivity index is 1.62. The lowest BCUT2D eigenvalue weighted by molar-refractivity contribution is -0.130. The summed E-state index contributed by atoms with van der Waals surface area (Å²) in [5, 5.41) is 5.74. The lowest BCUT2D eigenvalue weighted by Crippen LogP contribution is -2.45. The van der Waals surface area contributed by atoms with Crippen LogP contribution in [0.2, 0.25) is 0 Å². The summed E-state index contributed by atoms with van der Waals surface area (Å²) in [6, 6.07) is 4.59. The molecular formula is C20H30N4O5S. The SMILES string of the molecule is COCCCN1C(=O)[C@@H]2C[C@H](NC(=O)Nc3ccc(C)c(C)c3)CN2CCS1(=O)=O. The quantitative estimate of drug-likeness (QED) is 0.644. The monoisotopic (exact) mass is 438 g/mol. The van der Waals surface area contributed by atoms with Gasteiger partial charge in [0, 0.05) is 45.1 Å². The molecule has 3 rings (SSSR count). The Hall–Kier alpha value is -2.17. The third-order valence-electron chi connectivity index (χ3n) is 5.72.